The molecule has 0 bridgehead atoms. The van der Waals surface area contributed by atoms with Gasteiger partial charge < -0.3 is 10.1 Å². The van der Waals surface area contributed by atoms with Crippen LogP contribution in [-0.2, 0) is 17.6 Å². The van der Waals surface area contributed by atoms with Crippen LogP contribution in [-0.4, -0.2) is 12.5 Å². The fourth-order valence-electron chi connectivity index (χ4n) is 3.04. The lowest BCUT2D eigenvalue weighted by Gasteiger charge is -2.12. The summed E-state index contributed by atoms with van der Waals surface area (Å²) in [6.45, 7) is 3.87. The fraction of sp³-hybridized carbons (Fsp3) is 0.316. The average Bonchev–Trinajstić information content (AvgIpc) is 2.96. The van der Waals surface area contributed by atoms with Gasteiger partial charge in [0.15, 0.2) is 6.61 Å². The Labute approximate surface area is 141 Å². The van der Waals surface area contributed by atoms with Gasteiger partial charge in [-0.3, -0.25) is 4.79 Å². The van der Waals surface area contributed by atoms with E-state index in [1.54, 1.807) is 0 Å². The zero-order valence-corrected chi connectivity index (χ0v) is 14.2. The van der Waals surface area contributed by atoms with E-state index in [1.165, 1.54) is 17.5 Å². The van der Waals surface area contributed by atoms with Crippen molar-refractivity contribution in [3.8, 4) is 5.75 Å². The smallest absolute Gasteiger partial charge is 0.262 e. The number of hydrogen-bond donors (Lipinski definition) is 1. The van der Waals surface area contributed by atoms with Crippen LogP contribution in [0.4, 0.5) is 5.69 Å². The summed E-state index contributed by atoms with van der Waals surface area (Å²) in [5.74, 6) is 0.534. The lowest BCUT2D eigenvalue weighted by Crippen LogP contribution is -2.21. The summed E-state index contributed by atoms with van der Waals surface area (Å²) in [5.41, 5.74) is 5.39. The predicted molar refractivity (Wildman–Crippen MR) is 93.5 cm³/mol. The number of halogens is 1. The number of rotatable bonds is 4. The first-order valence-electron chi connectivity index (χ1n) is 7.84. The molecule has 0 fully saturated rings. The van der Waals surface area contributed by atoms with Crippen LogP contribution in [0.1, 0.15) is 28.7 Å². The van der Waals surface area contributed by atoms with Crippen molar-refractivity contribution >= 4 is 23.2 Å². The first-order chi connectivity index (χ1) is 11.0. The highest BCUT2D eigenvalue weighted by Gasteiger charge is 2.13. The highest BCUT2D eigenvalue weighted by atomic mass is 35.5. The molecule has 0 heterocycles. The van der Waals surface area contributed by atoms with E-state index in [1.807, 2.05) is 38.1 Å². The molecule has 3 nitrogen and oxygen atoms in total. The molecule has 0 aromatic heterocycles. The van der Waals surface area contributed by atoms with E-state index < -0.39 is 0 Å². The van der Waals surface area contributed by atoms with E-state index >= 15 is 0 Å². The molecule has 3 rings (SSSR count). The summed E-state index contributed by atoms with van der Waals surface area (Å²) in [7, 11) is 0. The molecule has 120 valence electrons. The molecule has 0 unspecified atom stereocenters. The molecule has 0 atom stereocenters. The molecule has 0 radical (unpaired) electrons. The zero-order chi connectivity index (χ0) is 16.4. The molecule has 1 aliphatic rings. The number of carbonyl (C=O) groups is 1. The molecule has 23 heavy (non-hydrogen) atoms. The number of hydrogen-bond acceptors (Lipinski definition) is 2. The second-order valence-corrected chi connectivity index (χ2v) is 6.47. The van der Waals surface area contributed by atoms with Crippen molar-refractivity contribution in [2.24, 2.45) is 0 Å². The normalized spacial score (nSPS) is 12.8. The Bertz CT molecular complexity index is 732. The first kappa shape index (κ1) is 15.9. The zero-order valence-electron chi connectivity index (χ0n) is 13.4. The van der Waals surface area contributed by atoms with Crippen LogP contribution < -0.4 is 10.1 Å². The van der Waals surface area contributed by atoms with Gasteiger partial charge in [-0.1, -0.05) is 23.7 Å². The minimum atomic E-state index is -0.209. The summed E-state index contributed by atoms with van der Waals surface area (Å²) < 4.78 is 5.61. The summed E-state index contributed by atoms with van der Waals surface area (Å²) in [6.07, 6.45) is 3.43. The number of benzene rings is 2. The van der Waals surface area contributed by atoms with Gasteiger partial charge in [0.1, 0.15) is 5.75 Å². The Balaban J connectivity index is 1.62. The SMILES string of the molecule is Cc1cc(C)c(NC(=O)COc2ccc3c(c2)CCC3)c(Cl)c1. The molecule has 2 aromatic carbocycles. The maximum Gasteiger partial charge on any atom is 0.262 e. The van der Waals surface area contributed by atoms with Gasteiger partial charge in [-0.2, -0.15) is 0 Å². The molecule has 0 saturated carbocycles. The Kier molecular flexibility index (Phi) is 4.58. The molecule has 1 aliphatic carbocycles. The van der Waals surface area contributed by atoms with Gasteiger partial charge in [-0.05, 0) is 73.6 Å². The lowest BCUT2D eigenvalue weighted by molar-refractivity contribution is -0.118. The number of ether oxygens (including phenoxy) is 1. The molecular formula is C19H20ClNO2. The van der Waals surface area contributed by atoms with E-state index in [9.17, 15) is 4.79 Å². The molecule has 1 N–H and O–H groups in total. The van der Waals surface area contributed by atoms with E-state index in [4.69, 9.17) is 16.3 Å². The molecule has 4 heteroatoms. The number of anilines is 1. The van der Waals surface area contributed by atoms with Crippen molar-refractivity contribution in [1.29, 1.82) is 0 Å². The number of amides is 1. The summed E-state index contributed by atoms with van der Waals surface area (Å²) in [4.78, 5) is 12.1. The van der Waals surface area contributed by atoms with Crippen molar-refractivity contribution in [3.63, 3.8) is 0 Å². The molecule has 0 aliphatic heterocycles. The number of fused-ring (bicyclic) bond motifs is 1. The Morgan fingerprint density at radius 3 is 2.74 bits per heavy atom. The molecular weight excluding hydrogens is 310 g/mol. The number of carbonyl (C=O) groups excluding carboxylic acids is 1. The van der Waals surface area contributed by atoms with Gasteiger partial charge in [0.05, 0.1) is 10.7 Å². The monoisotopic (exact) mass is 329 g/mol. The standard InChI is InChI=1S/C19H20ClNO2/c1-12-8-13(2)19(17(20)9-12)21-18(22)11-23-16-7-6-14-4-3-5-15(14)10-16/h6-10H,3-5,11H2,1-2H3,(H,21,22). The van der Waals surface area contributed by atoms with E-state index in [0.717, 1.165) is 29.7 Å². The highest BCUT2D eigenvalue weighted by molar-refractivity contribution is 6.34. The van der Waals surface area contributed by atoms with Crippen LogP contribution in [0, 0.1) is 13.8 Å². The van der Waals surface area contributed by atoms with Crippen molar-refractivity contribution < 1.29 is 9.53 Å². The number of aryl methyl sites for hydroxylation is 4. The van der Waals surface area contributed by atoms with Gasteiger partial charge in [0.25, 0.3) is 5.91 Å². The van der Waals surface area contributed by atoms with Crippen LogP contribution in [0.2, 0.25) is 5.02 Å². The topological polar surface area (TPSA) is 38.3 Å². The minimum Gasteiger partial charge on any atom is -0.484 e. The van der Waals surface area contributed by atoms with Crippen molar-refractivity contribution in [2.45, 2.75) is 33.1 Å². The Morgan fingerprint density at radius 2 is 1.96 bits per heavy atom. The summed E-state index contributed by atoms with van der Waals surface area (Å²) in [6, 6.07) is 9.90. The van der Waals surface area contributed by atoms with Crippen LogP contribution >= 0.6 is 11.6 Å². The van der Waals surface area contributed by atoms with Gasteiger partial charge in [-0.15, -0.1) is 0 Å². The van der Waals surface area contributed by atoms with Gasteiger partial charge in [0.2, 0.25) is 0 Å². The fourth-order valence-corrected chi connectivity index (χ4v) is 3.40. The van der Waals surface area contributed by atoms with Crippen LogP contribution in [0.3, 0.4) is 0 Å². The first-order valence-corrected chi connectivity index (χ1v) is 8.22. The third-order valence-corrected chi connectivity index (χ3v) is 4.43. The number of nitrogens with one attached hydrogen (secondary N) is 1. The maximum atomic E-state index is 12.1. The Hall–Kier alpha value is -2.00. The largest absolute Gasteiger partial charge is 0.484 e. The highest BCUT2D eigenvalue weighted by Crippen LogP contribution is 2.28. The molecule has 1 amide bonds. The summed E-state index contributed by atoms with van der Waals surface area (Å²) >= 11 is 6.20. The summed E-state index contributed by atoms with van der Waals surface area (Å²) in [5, 5.41) is 3.38. The van der Waals surface area contributed by atoms with Crippen LogP contribution in [0.5, 0.6) is 5.75 Å². The average molecular weight is 330 g/mol. The maximum absolute atomic E-state index is 12.1. The van der Waals surface area contributed by atoms with Crippen molar-refractivity contribution in [3.05, 3.63) is 57.6 Å². The van der Waals surface area contributed by atoms with Gasteiger partial charge in [-0.25, -0.2) is 0 Å². The lowest BCUT2D eigenvalue weighted by atomic mass is 10.1. The minimum absolute atomic E-state index is 0.0254. The van der Waals surface area contributed by atoms with Gasteiger partial charge in [0, 0.05) is 0 Å². The van der Waals surface area contributed by atoms with Crippen molar-refractivity contribution in [1.82, 2.24) is 0 Å². The van der Waals surface area contributed by atoms with Gasteiger partial charge >= 0.3 is 0 Å². The van der Waals surface area contributed by atoms with E-state index in [0.29, 0.717) is 10.7 Å². The quantitative estimate of drug-likeness (QED) is 0.899. The predicted octanol–water partition coefficient (Wildman–Crippen LogP) is 4.46. The van der Waals surface area contributed by atoms with E-state index in [2.05, 4.69) is 11.4 Å². The third kappa shape index (κ3) is 3.67. The molecule has 0 saturated heterocycles. The Morgan fingerprint density at radius 1 is 1.17 bits per heavy atom. The molecule has 0 spiro atoms. The van der Waals surface area contributed by atoms with Crippen molar-refractivity contribution in [2.75, 3.05) is 11.9 Å². The molecule has 2 aromatic rings. The van der Waals surface area contributed by atoms with E-state index in [-0.39, 0.29) is 12.5 Å². The third-order valence-electron chi connectivity index (χ3n) is 4.14. The van der Waals surface area contributed by atoms with Crippen LogP contribution in [0.25, 0.3) is 0 Å². The second-order valence-electron chi connectivity index (χ2n) is 6.06. The van der Waals surface area contributed by atoms with Crippen LogP contribution in [0.15, 0.2) is 30.3 Å². The second kappa shape index (κ2) is 6.63.